The zero-order valence-corrected chi connectivity index (χ0v) is 11.4. The Balaban J connectivity index is 2.59. The predicted octanol–water partition coefficient (Wildman–Crippen LogP) is 3.11. The van der Waals surface area contributed by atoms with Crippen molar-refractivity contribution in [2.75, 3.05) is 6.61 Å². The highest BCUT2D eigenvalue weighted by Crippen LogP contribution is 2.29. The number of hydrogen-bond acceptors (Lipinski definition) is 2. The second-order valence-electron chi connectivity index (χ2n) is 5.71. The molecular formula is C13H25NO3. The second kappa shape index (κ2) is 5.71. The van der Waals surface area contributed by atoms with Crippen molar-refractivity contribution in [3.8, 4) is 0 Å². The van der Waals surface area contributed by atoms with E-state index < -0.39 is 6.09 Å². The van der Waals surface area contributed by atoms with Crippen LogP contribution in [-0.2, 0) is 4.74 Å². The van der Waals surface area contributed by atoms with Gasteiger partial charge in [-0.15, -0.1) is 0 Å². The Kier molecular flexibility index (Phi) is 4.80. The van der Waals surface area contributed by atoms with Gasteiger partial charge in [0.25, 0.3) is 0 Å². The lowest BCUT2D eigenvalue weighted by molar-refractivity contribution is -0.00115. The molecule has 1 aliphatic rings. The molecule has 0 unspecified atom stereocenters. The zero-order valence-electron chi connectivity index (χ0n) is 11.4. The molecule has 0 spiro atoms. The summed E-state index contributed by atoms with van der Waals surface area (Å²) in [5.74, 6) is 0. The molecule has 1 aliphatic carbocycles. The molecule has 0 aromatic carbocycles. The molecule has 4 nitrogen and oxygen atoms in total. The van der Waals surface area contributed by atoms with Crippen molar-refractivity contribution < 1.29 is 14.6 Å². The van der Waals surface area contributed by atoms with Gasteiger partial charge < -0.3 is 14.7 Å². The van der Waals surface area contributed by atoms with Gasteiger partial charge in [0.2, 0.25) is 0 Å². The molecule has 17 heavy (non-hydrogen) atoms. The van der Waals surface area contributed by atoms with Crippen LogP contribution in [-0.4, -0.2) is 40.4 Å². The van der Waals surface area contributed by atoms with E-state index in [2.05, 4.69) is 0 Å². The Hall–Kier alpha value is -0.770. The monoisotopic (exact) mass is 243 g/mol. The van der Waals surface area contributed by atoms with Gasteiger partial charge in [0, 0.05) is 18.2 Å². The summed E-state index contributed by atoms with van der Waals surface area (Å²) in [6.45, 7) is 8.61. The third-order valence-corrected chi connectivity index (χ3v) is 3.34. The van der Waals surface area contributed by atoms with Crippen LogP contribution < -0.4 is 0 Å². The van der Waals surface area contributed by atoms with E-state index in [9.17, 15) is 9.90 Å². The van der Waals surface area contributed by atoms with E-state index in [4.69, 9.17) is 4.74 Å². The number of carboxylic acid groups (broad SMARTS) is 1. The standard InChI is InChI=1S/C13H25NO3/c1-5-17-11-8-6-10(7-9-11)14(12(15)16)13(2,3)4/h10-11H,5-9H2,1-4H3,(H,15,16)/t10-,11-. The van der Waals surface area contributed by atoms with Gasteiger partial charge in [-0.2, -0.15) is 0 Å². The summed E-state index contributed by atoms with van der Waals surface area (Å²) in [5, 5.41) is 9.33. The fraction of sp³-hybridized carbons (Fsp3) is 0.923. The molecule has 0 radical (unpaired) electrons. The molecule has 0 aliphatic heterocycles. The average Bonchev–Trinajstić information content (AvgIpc) is 2.18. The molecule has 1 rings (SSSR count). The van der Waals surface area contributed by atoms with Crippen molar-refractivity contribution in [2.45, 2.75) is 71.1 Å². The lowest BCUT2D eigenvalue weighted by Crippen LogP contribution is -2.52. The van der Waals surface area contributed by atoms with Crippen LogP contribution in [0.2, 0.25) is 0 Å². The van der Waals surface area contributed by atoms with E-state index in [1.807, 2.05) is 27.7 Å². The number of amides is 1. The molecular weight excluding hydrogens is 218 g/mol. The Morgan fingerprint density at radius 1 is 1.29 bits per heavy atom. The fourth-order valence-corrected chi connectivity index (χ4v) is 2.70. The molecule has 0 saturated heterocycles. The van der Waals surface area contributed by atoms with Crippen LogP contribution in [0.5, 0.6) is 0 Å². The van der Waals surface area contributed by atoms with Gasteiger partial charge in [-0.3, -0.25) is 0 Å². The molecule has 1 saturated carbocycles. The molecule has 0 atom stereocenters. The summed E-state index contributed by atoms with van der Waals surface area (Å²) in [5.41, 5.74) is -0.324. The molecule has 0 aromatic rings. The molecule has 0 heterocycles. The van der Waals surface area contributed by atoms with Crippen molar-refractivity contribution in [1.29, 1.82) is 0 Å². The van der Waals surface area contributed by atoms with Crippen LogP contribution in [0.25, 0.3) is 0 Å². The lowest BCUT2D eigenvalue weighted by Gasteiger charge is -2.42. The molecule has 0 bridgehead atoms. The average molecular weight is 243 g/mol. The van der Waals surface area contributed by atoms with E-state index in [0.717, 1.165) is 32.3 Å². The molecule has 1 fully saturated rings. The minimum atomic E-state index is -0.808. The van der Waals surface area contributed by atoms with E-state index in [1.54, 1.807) is 4.90 Å². The van der Waals surface area contributed by atoms with Gasteiger partial charge in [-0.05, 0) is 53.4 Å². The first-order valence-electron chi connectivity index (χ1n) is 6.50. The number of carbonyl (C=O) groups is 1. The van der Waals surface area contributed by atoms with Crippen molar-refractivity contribution in [2.24, 2.45) is 0 Å². The van der Waals surface area contributed by atoms with Crippen LogP contribution in [0.4, 0.5) is 4.79 Å². The van der Waals surface area contributed by atoms with Crippen molar-refractivity contribution in [1.82, 2.24) is 4.90 Å². The van der Waals surface area contributed by atoms with Gasteiger partial charge in [0.15, 0.2) is 0 Å². The topological polar surface area (TPSA) is 49.8 Å². The summed E-state index contributed by atoms with van der Waals surface area (Å²) in [6.07, 6.45) is 3.28. The van der Waals surface area contributed by atoms with Crippen LogP contribution in [0, 0.1) is 0 Å². The highest BCUT2D eigenvalue weighted by molar-refractivity contribution is 5.66. The minimum Gasteiger partial charge on any atom is -0.465 e. The molecule has 0 aromatic heterocycles. The van der Waals surface area contributed by atoms with Crippen molar-refractivity contribution >= 4 is 6.09 Å². The first kappa shape index (κ1) is 14.3. The maximum Gasteiger partial charge on any atom is 0.407 e. The number of rotatable bonds is 3. The molecule has 100 valence electrons. The zero-order chi connectivity index (χ0) is 13.1. The maximum atomic E-state index is 11.3. The first-order valence-corrected chi connectivity index (χ1v) is 6.50. The van der Waals surface area contributed by atoms with Gasteiger partial charge in [-0.25, -0.2) is 4.79 Å². The van der Waals surface area contributed by atoms with Crippen LogP contribution in [0.1, 0.15) is 53.4 Å². The fourth-order valence-electron chi connectivity index (χ4n) is 2.70. The van der Waals surface area contributed by atoms with Crippen LogP contribution >= 0.6 is 0 Å². The Morgan fingerprint density at radius 2 is 1.82 bits per heavy atom. The Bertz CT molecular complexity index is 252. The van der Waals surface area contributed by atoms with Crippen LogP contribution in [0.15, 0.2) is 0 Å². The third-order valence-electron chi connectivity index (χ3n) is 3.34. The summed E-state index contributed by atoms with van der Waals surface area (Å²) in [7, 11) is 0. The quantitative estimate of drug-likeness (QED) is 0.828. The van der Waals surface area contributed by atoms with E-state index in [1.165, 1.54) is 0 Å². The SMILES string of the molecule is CCO[C@H]1CC[C@H](N(C(=O)O)C(C)(C)C)CC1. The number of hydrogen-bond donors (Lipinski definition) is 1. The normalized spacial score (nSPS) is 25.6. The molecule has 1 N–H and O–H groups in total. The molecule has 4 heteroatoms. The molecule has 1 amide bonds. The predicted molar refractivity (Wildman–Crippen MR) is 67.3 cm³/mol. The lowest BCUT2D eigenvalue weighted by atomic mass is 9.89. The van der Waals surface area contributed by atoms with Gasteiger partial charge in [0.05, 0.1) is 6.10 Å². The Morgan fingerprint density at radius 3 is 2.18 bits per heavy atom. The van der Waals surface area contributed by atoms with Gasteiger partial charge in [0.1, 0.15) is 0 Å². The summed E-state index contributed by atoms with van der Waals surface area (Å²) < 4.78 is 5.59. The largest absolute Gasteiger partial charge is 0.465 e. The third kappa shape index (κ3) is 3.87. The van der Waals surface area contributed by atoms with Gasteiger partial charge in [-0.1, -0.05) is 0 Å². The second-order valence-corrected chi connectivity index (χ2v) is 5.71. The highest BCUT2D eigenvalue weighted by atomic mass is 16.5. The maximum absolute atomic E-state index is 11.3. The first-order chi connectivity index (χ1) is 7.86. The Labute approximate surface area is 104 Å². The number of nitrogens with zero attached hydrogens (tertiary/aromatic N) is 1. The smallest absolute Gasteiger partial charge is 0.407 e. The van der Waals surface area contributed by atoms with E-state index in [-0.39, 0.29) is 11.6 Å². The van der Waals surface area contributed by atoms with Crippen molar-refractivity contribution in [3.63, 3.8) is 0 Å². The van der Waals surface area contributed by atoms with Crippen molar-refractivity contribution in [3.05, 3.63) is 0 Å². The summed E-state index contributed by atoms with van der Waals surface area (Å²) >= 11 is 0. The van der Waals surface area contributed by atoms with E-state index >= 15 is 0 Å². The minimum absolute atomic E-state index is 0.143. The summed E-state index contributed by atoms with van der Waals surface area (Å²) in [6, 6.07) is 0.143. The number of ether oxygens (including phenoxy) is 1. The van der Waals surface area contributed by atoms with E-state index in [0.29, 0.717) is 6.10 Å². The van der Waals surface area contributed by atoms with Gasteiger partial charge >= 0.3 is 6.09 Å². The summed E-state index contributed by atoms with van der Waals surface area (Å²) in [4.78, 5) is 13.0. The van der Waals surface area contributed by atoms with Crippen LogP contribution in [0.3, 0.4) is 0 Å². The highest BCUT2D eigenvalue weighted by Gasteiger charge is 2.35.